The van der Waals surface area contributed by atoms with Crippen molar-refractivity contribution in [1.29, 1.82) is 0 Å². The number of hydrogen-bond acceptors (Lipinski definition) is 9. The first-order chi connectivity index (χ1) is 19.7. The van der Waals surface area contributed by atoms with Crippen molar-refractivity contribution >= 4 is 6.09 Å². The molecule has 1 saturated heterocycles. The van der Waals surface area contributed by atoms with E-state index >= 15 is 0 Å². The van der Waals surface area contributed by atoms with Gasteiger partial charge in [0.15, 0.2) is 5.82 Å². The third kappa shape index (κ3) is 6.23. The molecule has 0 bridgehead atoms. The zero-order valence-electron chi connectivity index (χ0n) is 24.7. The molecule has 2 aliphatic rings. The van der Waals surface area contributed by atoms with Crippen molar-refractivity contribution in [2.45, 2.75) is 59.0 Å². The van der Waals surface area contributed by atoms with E-state index < -0.39 is 6.10 Å². The van der Waals surface area contributed by atoms with Crippen molar-refractivity contribution in [2.24, 2.45) is 11.3 Å². The van der Waals surface area contributed by atoms with Gasteiger partial charge in [0.25, 0.3) is 0 Å². The molecule has 1 aromatic carbocycles. The smallest absolute Gasteiger partial charge is 0.409 e. The van der Waals surface area contributed by atoms with Crippen LogP contribution >= 0.6 is 0 Å². The van der Waals surface area contributed by atoms with E-state index in [0.29, 0.717) is 29.5 Å². The molecule has 1 unspecified atom stereocenters. The number of aliphatic hydroxyl groups excluding tert-OH is 1. The molecule has 1 aliphatic heterocycles. The van der Waals surface area contributed by atoms with Gasteiger partial charge in [0.2, 0.25) is 0 Å². The average molecular weight is 564 g/mol. The van der Waals surface area contributed by atoms with Crippen molar-refractivity contribution in [3.05, 3.63) is 47.0 Å². The van der Waals surface area contributed by atoms with Gasteiger partial charge < -0.3 is 29.3 Å². The zero-order valence-corrected chi connectivity index (χ0v) is 24.7. The molecule has 1 saturated carbocycles. The number of ether oxygens (including phenoxy) is 2. The number of methoxy groups -OCH3 is 1. The number of likely N-dealkylation sites (N-methyl/N-ethyl adjacent to an activating group) is 1. The molecular formula is C31H41N5O5. The van der Waals surface area contributed by atoms with Crippen LogP contribution in [0.25, 0.3) is 22.6 Å². The summed E-state index contributed by atoms with van der Waals surface area (Å²) in [6, 6.07) is 7.70. The first-order valence-corrected chi connectivity index (χ1v) is 14.4. The summed E-state index contributed by atoms with van der Waals surface area (Å²) in [7, 11) is 3.24. The van der Waals surface area contributed by atoms with Gasteiger partial charge in [-0.3, -0.25) is 0 Å². The maximum atomic E-state index is 11.9. The topological polar surface area (TPSA) is 123 Å². The SMILES string of the molecule is CNCC(O)COc1cccc(-c2nc(CC3CC4(CCN(C(=O)OC)CC4)C3)c(C)c(-c3c(C)noc3C)n2)c1. The quantitative estimate of drug-likeness (QED) is 0.388. The summed E-state index contributed by atoms with van der Waals surface area (Å²) in [4.78, 5) is 23.9. The Labute approximate surface area is 241 Å². The first kappa shape index (κ1) is 29.0. The van der Waals surface area contributed by atoms with Crippen molar-refractivity contribution < 1.29 is 23.9 Å². The van der Waals surface area contributed by atoms with E-state index in [9.17, 15) is 9.90 Å². The molecule has 3 heterocycles. The van der Waals surface area contributed by atoms with E-state index in [1.165, 1.54) is 7.11 Å². The number of amides is 1. The standard InChI is InChI=1S/C31H41N5O5/c1-19-26(13-22-15-31(16-22)9-11-36(12-10-31)30(38)39-5)33-29(34-28(19)27-20(2)35-41-21(27)3)23-7-6-8-25(14-23)40-18-24(37)17-32-4/h6-8,14,22,24,32,37H,9-13,15-18H2,1-5H3. The highest BCUT2D eigenvalue weighted by molar-refractivity contribution is 5.71. The highest BCUT2D eigenvalue weighted by atomic mass is 16.5. The number of carbonyl (C=O) groups is 1. The Morgan fingerprint density at radius 2 is 1.98 bits per heavy atom. The van der Waals surface area contributed by atoms with Gasteiger partial charge in [-0.25, -0.2) is 14.8 Å². The predicted molar refractivity (Wildman–Crippen MR) is 155 cm³/mol. The molecule has 1 aliphatic carbocycles. The second-order valence-electron chi connectivity index (χ2n) is 11.7. The Kier molecular flexibility index (Phi) is 8.60. The van der Waals surface area contributed by atoms with Crippen LogP contribution in [-0.2, 0) is 11.2 Å². The second kappa shape index (κ2) is 12.2. The number of hydrogen-bond donors (Lipinski definition) is 2. The summed E-state index contributed by atoms with van der Waals surface area (Å²) in [5, 5.41) is 17.2. The molecule has 2 fully saturated rings. The first-order valence-electron chi connectivity index (χ1n) is 14.4. The summed E-state index contributed by atoms with van der Waals surface area (Å²) >= 11 is 0. The Balaban J connectivity index is 1.39. The van der Waals surface area contributed by atoms with E-state index in [0.717, 1.165) is 84.7 Å². The van der Waals surface area contributed by atoms with E-state index in [4.69, 9.17) is 24.0 Å². The Hall–Kier alpha value is -3.50. The summed E-state index contributed by atoms with van der Waals surface area (Å²) in [5.74, 6) is 2.54. The number of likely N-dealkylation sites (tertiary alicyclic amines) is 1. The number of rotatable bonds is 9. The van der Waals surface area contributed by atoms with Gasteiger partial charge in [-0.15, -0.1) is 0 Å². The van der Waals surface area contributed by atoms with Crippen LogP contribution in [-0.4, -0.2) is 77.7 Å². The van der Waals surface area contributed by atoms with Gasteiger partial charge in [0.1, 0.15) is 24.2 Å². The number of nitrogens with one attached hydrogen (secondary N) is 1. The van der Waals surface area contributed by atoms with Crippen LogP contribution in [0.4, 0.5) is 4.79 Å². The molecule has 2 aromatic heterocycles. The minimum absolute atomic E-state index is 0.190. The fourth-order valence-corrected chi connectivity index (χ4v) is 6.45. The maximum Gasteiger partial charge on any atom is 0.409 e. The predicted octanol–water partition coefficient (Wildman–Crippen LogP) is 4.48. The average Bonchev–Trinajstić information content (AvgIpc) is 3.29. The molecule has 1 spiro atoms. The number of aliphatic hydroxyl groups is 1. The van der Waals surface area contributed by atoms with Gasteiger partial charge in [0, 0.05) is 30.9 Å². The fourth-order valence-electron chi connectivity index (χ4n) is 6.45. The number of aromatic nitrogens is 3. The van der Waals surface area contributed by atoms with Gasteiger partial charge >= 0.3 is 6.09 Å². The van der Waals surface area contributed by atoms with E-state index in [1.54, 1.807) is 7.05 Å². The lowest BCUT2D eigenvalue weighted by Crippen LogP contribution is -2.49. The molecule has 1 amide bonds. The number of piperidine rings is 1. The van der Waals surface area contributed by atoms with Crippen LogP contribution in [0.1, 0.15) is 48.4 Å². The van der Waals surface area contributed by atoms with Gasteiger partial charge in [0.05, 0.1) is 24.1 Å². The third-order valence-corrected chi connectivity index (χ3v) is 8.67. The van der Waals surface area contributed by atoms with Gasteiger partial charge in [-0.2, -0.15) is 0 Å². The molecule has 220 valence electrons. The van der Waals surface area contributed by atoms with Crippen molar-refractivity contribution in [3.63, 3.8) is 0 Å². The zero-order chi connectivity index (χ0) is 29.1. The monoisotopic (exact) mass is 563 g/mol. The highest BCUT2D eigenvalue weighted by Gasteiger charge is 2.46. The Morgan fingerprint density at radius 3 is 2.63 bits per heavy atom. The molecule has 5 rings (SSSR count). The van der Waals surface area contributed by atoms with Crippen LogP contribution in [0.3, 0.4) is 0 Å². The molecule has 41 heavy (non-hydrogen) atoms. The van der Waals surface area contributed by atoms with Crippen LogP contribution in [0.15, 0.2) is 28.8 Å². The summed E-state index contributed by atoms with van der Waals surface area (Å²) < 4.78 is 16.3. The normalized spacial score (nSPS) is 17.4. The van der Waals surface area contributed by atoms with Crippen molar-refractivity contribution in [3.8, 4) is 28.4 Å². The van der Waals surface area contributed by atoms with E-state index in [1.807, 2.05) is 43.0 Å². The fraction of sp³-hybridized carbons (Fsp3) is 0.548. The molecule has 10 nitrogen and oxygen atoms in total. The molecule has 0 radical (unpaired) electrons. The molecule has 2 N–H and O–H groups in total. The lowest BCUT2D eigenvalue weighted by atomic mass is 9.56. The minimum atomic E-state index is -0.601. The van der Waals surface area contributed by atoms with Crippen LogP contribution in [0.2, 0.25) is 0 Å². The summed E-state index contributed by atoms with van der Waals surface area (Å²) in [6.45, 7) is 8.11. The summed E-state index contributed by atoms with van der Waals surface area (Å²) in [5.41, 5.74) is 5.80. The van der Waals surface area contributed by atoms with Gasteiger partial charge in [-0.05, 0) is 89.0 Å². The number of benzene rings is 1. The van der Waals surface area contributed by atoms with Gasteiger partial charge in [-0.1, -0.05) is 17.3 Å². The van der Waals surface area contributed by atoms with Crippen LogP contribution in [0, 0.1) is 32.1 Å². The van der Waals surface area contributed by atoms with E-state index in [-0.39, 0.29) is 12.7 Å². The Bertz CT molecular complexity index is 1350. The molecular weight excluding hydrogens is 522 g/mol. The Morgan fingerprint density at radius 1 is 1.22 bits per heavy atom. The van der Waals surface area contributed by atoms with Crippen LogP contribution < -0.4 is 10.1 Å². The van der Waals surface area contributed by atoms with Crippen molar-refractivity contribution in [1.82, 2.24) is 25.3 Å². The maximum absolute atomic E-state index is 11.9. The largest absolute Gasteiger partial charge is 0.491 e. The lowest BCUT2D eigenvalue weighted by molar-refractivity contribution is -0.0109. The van der Waals surface area contributed by atoms with Crippen molar-refractivity contribution in [2.75, 3.05) is 40.4 Å². The second-order valence-corrected chi connectivity index (χ2v) is 11.7. The molecule has 10 heteroatoms. The minimum Gasteiger partial charge on any atom is -0.491 e. The number of carbonyl (C=O) groups excluding carboxylic acids is 1. The molecule has 3 aromatic rings. The van der Waals surface area contributed by atoms with Crippen LogP contribution in [0.5, 0.6) is 5.75 Å². The highest BCUT2D eigenvalue weighted by Crippen LogP contribution is 2.53. The molecule has 1 atom stereocenters. The lowest BCUT2D eigenvalue weighted by Gasteiger charge is -2.52. The van der Waals surface area contributed by atoms with E-state index in [2.05, 4.69) is 17.4 Å². The summed E-state index contributed by atoms with van der Waals surface area (Å²) in [6.07, 6.45) is 4.36. The number of nitrogens with zero attached hydrogens (tertiary/aromatic N) is 4. The number of aryl methyl sites for hydroxylation is 2. The third-order valence-electron chi connectivity index (χ3n) is 8.67.